The van der Waals surface area contributed by atoms with E-state index in [-0.39, 0.29) is 24.4 Å². The van der Waals surface area contributed by atoms with Gasteiger partial charge < -0.3 is 10.6 Å². The van der Waals surface area contributed by atoms with Crippen molar-refractivity contribution in [2.75, 3.05) is 6.54 Å². The molecule has 0 aliphatic carbocycles. The Morgan fingerprint density at radius 3 is 2.77 bits per heavy atom. The molecule has 2 aromatic rings. The molecule has 5 heteroatoms. The van der Waals surface area contributed by atoms with Gasteiger partial charge in [0.1, 0.15) is 0 Å². The van der Waals surface area contributed by atoms with Gasteiger partial charge in [0.05, 0.1) is 11.7 Å². The molecule has 2 heterocycles. The van der Waals surface area contributed by atoms with Gasteiger partial charge in [0.2, 0.25) is 0 Å². The molecule has 116 valence electrons. The molecule has 1 amide bonds. The third-order valence-electron chi connectivity index (χ3n) is 3.97. The second-order valence-electron chi connectivity index (χ2n) is 5.31. The van der Waals surface area contributed by atoms with Crippen LogP contribution in [0.25, 0.3) is 0 Å². The van der Waals surface area contributed by atoms with E-state index in [2.05, 4.69) is 17.1 Å². The highest BCUT2D eigenvalue weighted by Gasteiger charge is 2.30. The zero-order chi connectivity index (χ0) is 14.7. The highest BCUT2D eigenvalue weighted by Crippen LogP contribution is 2.32. The van der Waals surface area contributed by atoms with Crippen molar-refractivity contribution in [3.8, 4) is 0 Å². The molecule has 4 nitrogen and oxygen atoms in total. The van der Waals surface area contributed by atoms with Crippen LogP contribution in [-0.2, 0) is 6.54 Å². The molecule has 1 atom stereocenters. The van der Waals surface area contributed by atoms with Crippen molar-refractivity contribution in [2.45, 2.75) is 25.4 Å². The van der Waals surface area contributed by atoms with Gasteiger partial charge in [-0.3, -0.25) is 9.78 Å². The van der Waals surface area contributed by atoms with Crippen molar-refractivity contribution in [3.05, 3.63) is 65.5 Å². The first-order valence-electron chi connectivity index (χ1n) is 7.30. The van der Waals surface area contributed by atoms with Crippen molar-refractivity contribution in [1.82, 2.24) is 9.88 Å². The molecule has 0 bridgehead atoms. The highest BCUT2D eigenvalue weighted by molar-refractivity contribution is 5.94. The summed E-state index contributed by atoms with van der Waals surface area (Å²) in [6.07, 6.45) is 3.72. The monoisotopic (exact) mass is 317 g/mol. The zero-order valence-corrected chi connectivity index (χ0v) is 13.1. The largest absolute Gasteiger partial charge is 0.332 e. The molecule has 1 fully saturated rings. The van der Waals surface area contributed by atoms with Crippen molar-refractivity contribution in [3.63, 3.8) is 0 Å². The van der Waals surface area contributed by atoms with Crippen LogP contribution in [0.2, 0.25) is 0 Å². The third kappa shape index (κ3) is 3.29. The van der Waals surface area contributed by atoms with Gasteiger partial charge in [-0.05, 0) is 30.5 Å². The second-order valence-corrected chi connectivity index (χ2v) is 5.31. The quantitative estimate of drug-likeness (QED) is 0.947. The Bertz CT molecular complexity index is 633. The van der Waals surface area contributed by atoms with Crippen molar-refractivity contribution in [1.29, 1.82) is 0 Å². The Kier molecular flexibility index (Phi) is 5.52. The number of hydrogen-bond donors (Lipinski definition) is 1. The number of pyridine rings is 1. The summed E-state index contributed by atoms with van der Waals surface area (Å²) in [6, 6.07) is 14.0. The van der Waals surface area contributed by atoms with Gasteiger partial charge in [-0.1, -0.05) is 30.3 Å². The van der Waals surface area contributed by atoms with Crippen molar-refractivity contribution in [2.24, 2.45) is 5.73 Å². The predicted octanol–water partition coefficient (Wildman–Crippen LogP) is 2.94. The number of halogens is 1. The number of nitrogens with zero attached hydrogens (tertiary/aromatic N) is 2. The number of benzene rings is 1. The van der Waals surface area contributed by atoms with E-state index in [4.69, 9.17) is 5.73 Å². The maximum atomic E-state index is 12.8. The smallest absolute Gasteiger partial charge is 0.254 e. The van der Waals surface area contributed by atoms with Crippen LogP contribution < -0.4 is 5.73 Å². The molecule has 0 saturated carbocycles. The summed E-state index contributed by atoms with van der Waals surface area (Å²) in [7, 11) is 0. The fraction of sp³-hybridized carbons (Fsp3) is 0.294. The van der Waals surface area contributed by atoms with E-state index >= 15 is 0 Å². The number of amides is 1. The van der Waals surface area contributed by atoms with E-state index < -0.39 is 0 Å². The van der Waals surface area contributed by atoms with Crippen LogP contribution in [-0.4, -0.2) is 22.3 Å². The van der Waals surface area contributed by atoms with Crippen LogP contribution in [0, 0.1) is 0 Å². The van der Waals surface area contributed by atoms with E-state index in [1.54, 1.807) is 18.3 Å². The second kappa shape index (κ2) is 7.38. The van der Waals surface area contributed by atoms with Crippen molar-refractivity contribution >= 4 is 18.3 Å². The van der Waals surface area contributed by atoms with Gasteiger partial charge in [-0.15, -0.1) is 12.4 Å². The maximum absolute atomic E-state index is 12.8. The predicted molar refractivity (Wildman–Crippen MR) is 88.8 cm³/mol. The summed E-state index contributed by atoms with van der Waals surface area (Å²) in [5, 5.41) is 0. The topological polar surface area (TPSA) is 59.2 Å². The molecule has 1 aromatic heterocycles. The molecular formula is C17H20ClN3O. The molecule has 0 spiro atoms. The van der Waals surface area contributed by atoms with Crippen LogP contribution in [0.4, 0.5) is 0 Å². The normalized spacial score (nSPS) is 17.1. The van der Waals surface area contributed by atoms with Crippen molar-refractivity contribution < 1.29 is 4.79 Å². The van der Waals surface area contributed by atoms with Crippen LogP contribution in [0.1, 0.15) is 40.5 Å². The lowest BCUT2D eigenvalue weighted by atomic mass is 10.0. The Balaban J connectivity index is 0.00000176. The number of carbonyl (C=O) groups is 1. The Morgan fingerprint density at radius 2 is 2.05 bits per heavy atom. The Labute approximate surface area is 136 Å². The highest BCUT2D eigenvalue weighted by atomic mass is 35.5. The zero-order valence-electron chi connectivity index (χ0n) is 12.3. The lowest BCUT2D eigenvalue weighted by Crippen LogP contribution is -2.30. The van der Waals surface area contributed by atoms with E-state index in [0.717, 1.165) is 25.1 Å². The third-order valence-corrected chi connectivity index (χ3v) is 3.97. The van der Waals surface area contributed by atoms with Gasteiger partial charge in [0.25, 0.3) is 5.91 Å². The van der Waals surface area contributed by atoms with E-state index in [1.807, 2.05) is 23.1 Å². The first-order valence-corrected chi connectivity index (χ1v) is 7.30. The maximum Gasteiger partial charge on any atom is 0.254 e. The minimum Gasteiger partial charge on any atom is -0.332 e. The van der Waals surface area contributed by atoms with Gasteiger partial charge in [0, 0.05) is 24.8 Å². The number of nitrogens with two attached hydrogens (primary N) is 1. The standard InChI is InChI=1S/C17H19N3O.ClH/c18-12-15-11-14(8-9-19-15)17(21)20-10-4-7-16(20)13-5-2-1-3-6-13;/h1-3,5-6,8-9,11,16H,4,7,10,12,18H2;1H. The SMILES string of the molecule is Cl.NCc1cc(C(=O)N2CCCC2c2ccccc2)ccn1. The number of rotatable bonds is 3. The lowest BCUT2D eigenvalue weighted by Gasteiger charge is -2.25. The van der Waals surface area contributed by atoms with Crippen LogP contribution in [0.15, 0.2) is 48.7 Å². The van der Waals surface area contributed by atoms with E-state index in [0.29, 0.717) is 12.1 Å². The Hall–Kier alpha value is -1.91. The van der Waals surface area contributed by atoms with Gasteiger partial charge in [0.15, 0.2) is 0 Å². The van der Waals surface area contributed by atoms with E-state index in [1.165, 1.54) is 5.56 Å². The van der Waals surface area contributed by atoms with Crippen LogP contribution >= 0.6 is 12.4 Å². The van der Waals surface area contributed by atoms with Crippen LogP contribution in [0.3, 0.4) is 0 Å². The molecule has 1 aromatic carbocycles. The molecule has 22 heavy (non-hydrogen) atoms. The fourth-order valence-electron chi connectivity index (χ4n) is 2.92. The average molecular weight is 318 g/mol. The molecule has 1 aliphatic rings. The summed E-state index contributed by atoms with van der Waals surface area (Å²) >= 11 is 0. The van der Waals surface area contributed by atoms with Gasteiger partial charge >= 0.3 is 0 Å². The minimum atomic E-state index is 0. The summed E-state index contributed by atoms with van der Waals surface area (Å²) in [4.78, 5) is 18.9. The molecule has 0 radical (unpaired) electrons. The first-order chi connectivity index (χ1) is 10.3. The summed E-state index contributed by atoms with van der Waals surface area (Å²) < 4.78 is 0. The first kappa shape index (κ1) is 16.5. The number of aromatic nitrogens is 1. The molecule has 1 saturated heterocycles. The average Bonchev–Trinajstić information content (AvgIpc) is 3.04. The van der Waals surface area contributed by atoms with Gasteiger partial charge in [-0.2, -0.15) is 0 Å². The number of hydrogen-bond acceptors (Lipinski definition) is 3. The molecular weight excluding hydrogens is 298 g/mol. The van der Waals surface area contributed by atoms with Gasteiger partial charge in [-0.25, -0.2) is 0 Å². The summed E-state index contributed by atoms with van der Waals surface area (Å²) in [5.41, 5.74) is 8.23. The summed E-state index contributed by atoms with van der Waals surface area (Å²) in [5.74, 6) is 0.0680. The number of carbonyl (C=O) groups excluding carboxylic acids is 1. The van der Waals surface area contributed by atoms with E-state index in [9.17, 15) is 4.79 Å². The molecule has 1 aliphatic heterocycles. The summed E-state index contributed by atoms with van der Waals surface area (Å²) in [6.45, 7) is 1.15. The number of likely N-dealkylation sites (tertiary alicyclic amines) is 1. The Morgan fingerprint density at radius 1 is 1.27 bits per heavy atom. The molecule has 3 rings (SSSR count). The fourth-order valence-corrected chi connectivity index (χ4v) is 2.92. The molecule has 1 unspecified atom stereocenters. The molecule has 2 N–H and O–H groups in total. The minimum absolute atomic E-state index is 0. The van der Waals surface area contributed by atoms with Crippen LogP contribution in [0.5, 0.6) is 0 Å². The lowest BCUT2D eigenvalue weighted by molar-refractivity contribution is 0.0735.